The Bertz CT molecular complexity index is 1020. The Labute approximate surface area is 201 Å². The highest BCUT2D eigenvalue weighted by atomic mass is 16.7. The number of carbonyl (C=O) groups excluding carboxylic acids is 2. The Morgan fingerprint density at radius 1 is 0.971 bits per heavy atom. The lowest BCUT2D eigenvalue weighted by Gasteiger charge is -2.35. The van der Waals surface area contributed by atoms with Crippen LogP contribution in [-0.4, -0.2) is 66.2 Å². The highest BCUT2D eigenvalue weighted by Crippen LogP contribution is 2.36. The lowest BCUT2D eigenvalue weighted by atomic mass is 9.79. The van der Waals surface area contributed by atoms with Crippen LogP contribution in [0.5, 0.6) is 0 Å². The molecule has 2 amide bonds. The number of hydrogen-bond donors (Lipinski definition) is 1. The molecule has 8 nitrogen and oxygen atoms in total. The van der Waals surface area contributed by atoms with Crippen LogP contribution in [0.15, 0.2) is 42.6 Å². The van der Waals surface area contributed by atoms with Gasteiger partial charge in [0.1, 0.15) is 5.82 Å². The monoisotopic (exact) mass is 464 g/mol. The Balaban J connectivity index is 1.29. The molecule has 1 aromatic carbocycles. The number of nitrogens with one attached hydrogen (secondary N) is 1. The zero-order valence-electron chi connectivity index (χ0n) is 20.6. The summed E-state index contributed by atoms with van der Waals surface area (Å²) in [5.41, 5.74) is 2.05. The Morgan fingerprint density at radius 3 is 2.12 bits per heavy atom. The average molecular weight is 464 g/mol. The van der Waals surface area contributed by atoms with Gasteiger partial charge in [0.15, 0.2) is 0 Å². The van der Waals surface area contributed by atoms with E-state index >= 15 is 0 Å². The van der Waals surface area contributed by atoms with Gasteiger partial charge >= 0.3 is 7.12 Å². The summed E-state index contributed by atoms with van der Waals surface area (Å²) in [6.07, 6.45) is 2.01. The zero-order valence-corrected chi connectivity index (χ0v) is 20.6. The van der Waals surface area contributed by atoms with Crippen LogP contribution < -0.4 is 15.7 Å². The van der Waals surface area contributed by atoms with E-state index in [-0.39, 0.29) is 29.4 Å². The van der Waals surface area contributed by atoms with Crippen LogP contribution >= 0.6 is 0 Å². The van der Waals surface area contributed by atoms with Crippen molar-refractivity contribution in [2.45, 2.75) is 52.2 Å². The second kappa shape index (κ2) is 9.39. The predicted octanol–water partition coefficient (Wildman–Crippen LogP) is 2.23. The number of hydrogen-bond acceptors (Lipinski definition) is 6. The van der Waals surface area contributed by atoms with Crippen LogP contribution in [0, 0.1) is 0 Å². The van der Waals surface area contributed by atoms with Crippen molar-refractivity contribution in [2.24, 2.45) is 0 Å². The standard InChI is InChI=1S/C25H33BN4O4/c1-18(31)29-12-14-30(15-13-29)21-10-11-22(27-17-21)28-23(32)16-19-6-8-20(9-7-19)26-33-24(2,3)25(4,5)34-26/h6-11,17H,12-16H2,1-5H3,(H,27,28,32). The minimum absolute atomic E-state index is 0.110. The van der Waals surface area contributed by atoms with Gasteiger partial charge in [0.05, 0.1) is 29.5 Å². The summed E-state index contributed by atoms with van der Waals surface area (Å²) >= 11 is 0. The summed E-state index contributed by atoms with van der Waals surface area (Å²) in [6, 6.07) is 11.5. The molecule has 0 atom stereocenters. The van der Waals surface area contributed by atoms with Crippen LogP contribution in [0.1, 0.15) is 40.2 Å². The molecule has 4 rings (SSSR count). The molecule has 1 N–H and O–H groups in total. The van der Waals surface area contributed by atoms with Crippen molar-refractivity contribution >= 4 is 35.9 Å². The molecule has 2 fully saturated rings. The van der Waals surface area contributed by atoms with E-state index in [0.717, 1.165) is 29.8 Å². The Kier molecular flexibility index (Phi) is 6.69. The average Bonchev–Trinajstić information content (AvgIpc) is 3.01. The summed E-state index contributed by atoms with van der Waals surface area (Å²) in [7, 11) is -0.416. The van der Waals surface area contributed by atoms with Crippen LogP contribution in [-0.2, 0) is 25.3 Å². The fraction of sp³-hybridized carbons (Fsp3) is 0.480. The Morgan fingerprint density at radius 2 is 1.59 bits per heavy atom. The van der Waals surface area contributed by atoms with E-state index in [9.17, 15) is 9.59 Å². The van der Waals surface area contributed by atoms with Gasteiger partial charge in [-0.15, -0.1) is 0 Å². The van der Waals surface area contributed by atoms with E-state index in [1.54, 1.807) is 13.1 Å². The highest BCUT2D eigenvalue weighted by molar-refractivity contribution is 6.62. The fourth-order valence-corrected chi connectivity index (χ4v) is 4.07. The summed E-state index contributed by atoms with van der Waals surface area (Å²) in [4.78, 5) is 32.5. The number of piperazine rings is 1. The molecule has 3 heterocycles. The third-order valence-corrected chi connectivity index (χ3v) is 6.98. The third-order valence-electron chi connectivity index (χ3n) is 6.98. The van der Waals surface area contributed by atoms with Crippen LogP contribution in [0.4, 0.5) is 11.5 Å². The van der Waals surface area contributed by atoms with Gasteiger partial charge < -0.3 is 24.4 Å². The second-order valence-electron chi connectivity index (χ2n) is 9.95. The first-order chi connectivity index (χ1) is 16.0. The van der Waals surface area contributed by atoms with E-state index in [1.165, 1.54) is 0 Å². The fourth-order valence-electron chi connectivity index (χ4n) is 4.07. The quantitative estimate of drug-likeness (QED) is 0.684. The van der Waals surface area contributed by atoms with Crippen molar-refractivity contribution in [1.82, 2.24) is 9.88 Å². The second-order valence-corrected chi connectivity index (χ2v) is 9.95. The number of amides is 2. The minimum Gasteiger partial charge on any atom is -0.399 e. The van der Waals surface area contributed by atoms with Gasteiger partial charge in [-0.3, -0.25) is 9.59 Å². The van der Waals surface area contributed by atoms with Crippen molar-refractivity contribution in [1.29, 1.82) is 0 Å². The molecule has 34 heavy (non-hydrogen) atoms. The van der Waals surface area contributed by atoms with Crippen molar-refractivity contribution in [2.75, 3.05) is 36.4 Å². The number of anilines is 2. The van der Waals surface area contributed by atoms with Crippen LogP contribution in [0.3, 0.4) is 0 Å². The Hall–Kier alpha value is -2.91. The van der Waals surface area contributed by atoms with E-state index in [0.29, 0.717) is 18.9 Å². The van der Waals surface area contributed by atoms with E-state index in [2.05, 4.69) is 15.2 Å². The minimum atomic E-state index is -0.416. The molecule has 0 bridgehead atoms. The highest BCUT2D eigenvalue weighted by Gasteiger charge is 2.51. The molecule has 9 heteroatoms. The van der Waals surface area contributed by atoms with Gasteiger partial charge in [-0.05, 0) is 50.9 Å². The van der Waals surface area contributed by atoms with Gasteiger partial charge in [0, 0.05) is 33.1 Å². The molecule has 1 aromatic heterocycles. The van der Waals surface area contributed by atoms with Gasteiger partial charge in [0.25, 0.3) is 0 Å². The molecular weight excluding hydrogens is 431 g/mol. The predicted molar refractivity (Wildman–Crippen MR) is 133 cm³/mol. The smallest absolute Gasteiger partial charge is 0.399 e. The van der Waals surface area contributed by atoms with E-state index in [1.807, 2.05) is 69.0 Å². The van der Waals surface area contributed by atoms with Crippen molar-refractivity contribution in [3.05, 3.63) is 48.2 Å². The maximum atomic E-state index is 12.5. The maximum absolute atomic E-state index is 12.5. The van der Waals surface area contributed by atoms with Crippen molar-refractivity contribution < 1.29 is 18.9 Å². The van der Waals surface area contributed by atoms with E-state index in [4.69, 9.17) is 9.31 Å². The molecule has 0 unspecified atom stereocenters. The van der Waals surface area contributed by atoms with Crippen LogP contribution in [0.25, 0.3) is 0 Å². The molecule has 0 spiro atoms. The van der Waals surface area contributed by atoms with Crippen molar-refractivity contribution in [3.8, 4) is 0 Å². The molecule has 2 aliphatic heterocycles. The topological polar surface area (TPSA) is 84.0 Å². The normalized spacial score (nSPS) is 19.3. The summed E-state index contributed by atoms with van der Waals surface area (Å²) in [6.45, 7) is 12.7. The largest absolute Gasteiger partial charge is 0.494 e. The lowest BCUT2D eigenvalue weighted by molar-refractivity contribution is -0.129. The molecule has 0 aliphatic carbocycles. The number of aromatic nitrogens is 1. The summed E-state index contributed by atoms with van der Waals surface area (Å²) in [5.74, 6) is 0.502. The maximum Gasteiger partial charge on any atom is 0.494 e. The number of nitrogens with zero attached hydrogens (tertiary/aromatic N) is 3. The van der Waals surface area contributed by atoms with Crippen molar-refractivity contribution in [3.63, 3.8) is 0 Å². The molecule has 180 valence electrons. The van der Waals surface area contributed by atoms with Crippen LogP contribution in [0.2, 0.25) is 0 Å². The van der Waals surface area contributed by atoms with E-state index < -0.39 is 7.12 Å². The SMILES string of the molecule is CC(=O)N1CCN(c2ccc(NC(=O)Cc3ccc(B4OC(C)(C)C(C)(C)O4)cc3)nc2)CC1. The molecule has 0 saturated carbocycles. The summed E-state index contributed by atoms with van der Waals surface area (Å²) in [5, 5.41) is 2.86. The molecule has 0 radical (unpaired) electrons. The van der Waals surface area contributed by atoms with Gasteiger partial charge in [-0.2, -0.15) is 0 Å². The number of rotatable bonds is 5. The lowest BCUT2D eigenvalue weighted by Crippen LogP contribution is -2.48. The first-order valence-corrected chi connectivity index (χ1v) is 11.7. The number of pyridine rings is 1. The molecular formula is C25H33BN4O4. The number of carbonyl (C=O) groups is 2. The summed E-state index contributed by atoms with van der Waals surface area (Å²) < 4.78 is 12.2. The van der Waals surface area contributed by atoms with Gasteiger partial charge in [-0.1, -0.05) is 24.3 Å². The van der Waals surface area contributed by atoms with Gasteiger partial charge in [-0.25, -0.2) is 4.98 Å². The zero-order chi connectivity index (χ0) is 24.5. The third kappa shape index (κ3) is 5.26. The first kappa shape index (κ1) is 24.2. The number of benzene rings is 1. The molecule has 2 aliphatic rings. The molecule has 2 saturated heterocycles. The first-order valence-electron chi connectivity index (χ1n) is 11.7. The van der Waals surface area contributed by atoms with Gasteiger partial charge in [0.2, 0.25) is 11.8 Å². The molecule has 2 aromatic rings.